The molecule has 0 spiro atoms. The van der Waals surface area contributed by atoms with Crippen molar-refractivity contribution < 1.29 is 0 Å². The molecule has 6 nitrogen and oxygen atoms in total. The summed E-state index contributed by atoms with van der Waals surface area (Å²) in [5.41, 5.74) is 4.36. The number of aromatic nitrogens is 5. The van der Waals surface area contributed by atoms with Gasteiger partial charge in [0.15, 0.2) is 5.13 Å². The average Bonchev–Trinajstić information content (AvgIpc) is 3.20. The highest BCUT2D eigenvalue weighted by atomic mass is 32.1. The molecule has 0 amide bonds. The monoisotopic (exact) mass is 316 g/mol. The van der Waals surface area contributed by atoms with E-state index < -0.39 is 0 Å². The smallest absolute Gasteiger partial charge is 0.229 e. The molecule has 0 fully saturated rings. The maximum Gasteiger partial charge on any atom is 0.229 e. The molecule has 0 aliphatic rings. The molecule has 0 atom stereocenters. The molecule has 0 aromatic carbocycles. The number of aromatic amines is 1. The summed E-state index contributed by atoms with van der Waals surface area (Å²) in [5, 5.41) is 13.3. The van der Waals surface area contributed by atoms with Crippen LogP contribution in [0.2, 0.25) is 0 Å². The van der Waals surface area contributed by atoms with Crippen LogP contribution in [0.15, 0.2) is 17.8 Å². The lowest BCUT2D eigenvalue weighted by atomic mass is 10.2. The van der Waals surface area contributed by atoms with Crippen LogP contribution in [0.25, 0.3) is 17.2 Å². The molecule has 3 aromatic rings. The molecular formula is C15H20N6S. The third-order valence-electron chi connectivity index (χ3n) is 3.63. The molecule has 0 saturated heterocycles. The molecule has 0 aliphatic carbocycles. The zero-order valence-corrected chi connectivity index (χ0v) is 13.9. The summed E-state index contributed by atoms with van der Waals surface area (Å²) in [6, 6.07) is 2.14. The van der Waals surface area contributed by atoms with Gasteiger partial charge in [-0.2, -0.15) is 10.1 Å². The van der Waals surface area contributed by atoms with Crippen molar-refractivity contribution in [3.63, 3.8) is 0 Å². The summed E-state index contributed by atoms with van der Waals surface area (Å²) >= 11 is 1.65. The summed E-state index contributed by atoms with van der Waals surface area (Å²) in [5.74, 6) is 0.734. The quantitative estimate of drug-likeness (QED) is 0.682. The van der Waals surface area contributed by atoms with E-state index in [-0.39, 0.29) is 0 Å². The van der Waals surface area contributed by atoms with Crippen molar-refractivity contribution in [2.75, 3.05) is 11.9 Å². The van der Waals surface area contributed by atoms with Gasteiger partial charge in [-0.25, -0.2) is 10.1 Å². The Kier molecular flexibility index (Phi) is 4.24. The van der Waals surface area contributed by atoms with Gasteiger partial charge in [0.05, 0.1) is 5.69 Å². The number of nitrogens with zero attached hydrogens (tertiary/aromatic N) is 4. The van der Waals surface area contributed by atoms with Gasteiger partial charge in [0.1, 0.15) is 6.33 Å². The van der Waals surface area contributed by atoms with Gasteiger partial charge in [-0.15, -0.1) is 11.3 Å². The van der Waals surface area contributed by atoms with E-state index in [0.29, 0.717) is 0 Å². The van der Waals surface area contributed by atoms with Gasteiger partial charge < -0.3 is 5.32 Å². The predicted octanol–water partition coefficient (Wildman–Crippen LogP) is 3.55. The van der Waals surface area contributed by atoms with E-state index in [9.17, 15) is 0 Å². The highest BCUT2D eigenvalue weighted by Gasteiger charge is 2.15. The number of H-pyrrole nitrogens is 1. The Morgan fingerprint density at radius 2 is 2.23 bits per heavy atom. The Morgan fingerprint density at radius 3 is 2.95 bits per heavy atom. The maximum atomic E-state index is 4.70. The fourth-order valence-corrected chi connectivity index (χ4v) is 3.24. The molecule has 7 heteroatoms. The van der Waals surface area contributed by atoms with Crippen LogP contribution in [0.5, 0.6) is 0 Å². The second-order valence-corrected chi connectivity index (χ2v) is 6.11. The Bertz CT molecular complexity index is 740. The van der Waals surface area contributed by atoms with Crippen LogP contribution in [0, 0.1) is 13.8 Å². The van der Waals surface area contributed by atoms with Crippen molar-refractivity contribution in [2.45, 2.75) is 33.6 Å². The van der Waals surface area contributed by atoms with Gasteiger partial charge in [-0.1, -0.05) is 13.3 Å². The Labute approximate surface area is 133 Å². The molecular weight excluding hydrogens is 296 g/mol. The zero-order valence-electron chi connectivity index (χ0n) is 13.1. The molecule has 3 rings (SSSR count). The third-order valence-corrected chi connectivity index (χ3v) is 4.43. The molecule has 3 heterocycles. The van der Waals surface area contributed by atoms with Crippen LogP contribution in [-0.4, -0.2) is 31.3 Å². The second-order valence-electron chi connectivity index (χ2n) is 5.25. The highest BCUT2D eigenvalue weighted by Crippen LogP contribution is 2.30. The maximum absolute atomic E-state index is 4.70. The van der Waals surface area contributed by atoms with Crippen LogP contribution < -0.4 is 5.32 Å². The van der Waals surface area contributed by atoms with Gasteiger partial charge in [-0.05, 0) is 26.3 Å². The normalized spacial score (nSPS) is 11.0. The number of hydrogen-bond acceptors (Lipinski definition) is 5. The predicted molar refractivity (Wildman–Crippen MR) is 89.7 cm³/mol. The van der Waals surface area contributed by atoms with Crippen LogP contribution in [0.1, 0.15) is 31.2 Å². The molecule has 0 aliphatic heterocycles. The Morgan fingerprint density at radius 1 is 1.36 bits per heavy atom. The van der Waals surface area contributed by atoms with Crippen molar-refractivity contribution in [3.8, 4) is 17.2 Å². The average molecular weight is 316 g/mol. The second kappa shape index (κ2) is 6.31. The molecule has 0 unspecified atom stereocenters. The van der Waals surface area contributed by atoms with Crippen molar-refractivity contribution in [3.05, 3.63) is 29.2 Å². The minimum atomic E-state index is 0.734. The van der Waals surface area contributed by atoms with Crippen molar-refractivity contribution in [1.29, 1.82) is 0 Å². The van der Waals surface area contributed by atoms with Crippen molar-refractivity contribution in [1.82, 2.24) is 24.7 Å². The van der Waals surface area contributed by atoms with E-state index in [0.717, 1.165) is 46.7 Å². The van der Waals surface area contributed by atoms with Crippen LogP contribution in [-0.2, 0) is 0 Å². The first-order valence-corrected chi connectivity index (χ1v) is 8.33. The van der Waals surface area contributed by atoms with E-state index in [4.69, 9.17) is 4.98 Å². The summed E-state index contributed by atoms with van der Waals surface area (Å²) in [4.78, 5) is 8.93. The standard InChI is InChI=1S/C15H20N6S/c1-4-5-6-16-15-19-13(8-22-15)12-7-10(2)21(11(12)3)14-17-9-18-20-14/h7-9H,4-6H2,1-3H3,(H,16,19)(H,17,18,20). The SMILES string of the molecule is CCCCNc1nc(-c2cc(C)n(-c3ncn[nH]3)c2C)cs1. The van der Waals surface area contributed by atoms with Crippen molar-refractivity contribution >= 4 is 16.5 Å². The lowest BCUT2D eigenvalue weighted by molar-refractivity contribution is 0.833. The molecule has 0 bridgehead atoms. The first-order chi connectivity index (χ1) is 10.7. The van der Waals surface area contributed by atoms with E-state index in [2.05, 4.69) is 57.3 Å². The number of aryl methyl sites for hydroxylation is 1. The first kappa shape index (κ1) is 14.8. The van der Waals surface area contributed by atoms with Crippen LogP contribution in [0.4, 0.5) is 5.13 Å². The van der Waals surface area contributed by atoms with Crippen molar-refractivity contribution in [2.24, 2.45) is 0 Å². The number of nitrogens with one attached hydrogen (secondary N) is 2. The number of rotatable bonds is 6. The molecule has 0 radical (unpaired) electrons. The first-order valence-electron chi connectivity index (χ1n) is 7.45. The van der Waals surface area contributed by atoms with Crippen LogP contribution >= 0.6 is 11.3 Å². The number of anilines is 1. The summed E-state index contributed by atoms with van der Waals surface area (Å²) in [6.07, 6.45) is 3.87. The van der Waals surface area contributed by atoms with E-state index >= 15 is 0 Å². The lowest BCUT2D eigenvalue weighted by Gasteiger charge is -2.04. The fourth-order valence-electron chi connectivity index (χ4n) is 2.51. The molecule has 116 valence electrons. The summed E-state index contributed by atoms with van der Waals surface area (Å²) in [6.45, 7) is 7.30. The summed E-state index contributed by atoms with van der Waals surface area (Å²) in [7, 11) is 0. The number of unbranched alkanes of at least 4 members (excludes halogenated alkanes) is 1. The largest absolute Gasteiger partial charge is 0.362 e. The topological polar surface area (TPSA) is 71.4 Å². The highest BCUT2D eigenvalue weighted by molar-refractivity contribution is 7.14. The van der Waals surface area contributed by atoms with Gasteiger partial charge in [0.2, 0.25) is 5.95 Å². The molecule has 0 saturated carbocycles. The summed E-state index contributed by atoms with van der Waals surface area (Å²) < 4.78 is 2.06. The van der Waals surface area contributed by atoms with Gasteiger partial charge in [0, 0.05) is 28.9 Å². The van der Waals surface area contributed by atoms with E-state index in [1.54, 1.807) is 11.3 Å². The Balaban J connectivity index is 1.88. The van der Waals surface area contributed by atoms with Gasteiger partial charge >= 0.3 is 0 Å². The number of thiazole rings is 1. The Hall–Kier alpha value is -2.15. The van der Waals surface area contributed by atoms with Gasteiger partial charge in [0.25, 0.3) is 0 Å². The van der Waals surface area contributed by atoms with E-state index in [1.165, 1.54) is 12.7 Å². The van der Waals surface area contributed by atoms with Gasteiger partial charge in [-0.3, -0.25) is 4.57 Å². The fraction of sp³-hybridized carbons (Fsp3) is 0.400. The minimum Gasteiger partial charge on any atom is -0.362 e. The van der Waals surface area contributed by atoms with E-state index in [1.807, 2.05) is 0 Å². The number of hydrogen-bond donors (Lipinski definition) is 2. The molecule has 22 heavy (non-hydrogen) atoms. The third kappa shape index (κ3) is 2.76. The zero-order chi connectivity index (χ0) is 15.5. The van der Waals surface area contributed by atoms with Crippen LogP contribution in [0.3, 0.4) is 0 Å². The molecule has 3 aromatic heterocycles. The minimum absolute atomic E-state index is 0.734. The molecule has 2 N–H and O–H groups in total. The lowest BCUT2D eigenvalue weighted by Crippen LogP contribution is -2.01.